The van der Waals surface area contributed by atoms with Crippen LogP contribution in [0.25, 0.3) is 10.8 Å². The number of aromatic carboxylic acids is 1. The van der Waals surface area contributed by atoms with Crippen LogP contribution in [0.5, 0.6) is 0 Å². The third-order valence-corrected chi connectivity index (χ3v) is 5.78. The van der Waals surface area contributed by atoms with Crippen LogP contribution in [0.1, 0.15) is 66.2 Å². The summed E-state index contributed by atoms with van der Waals surface area (Å²) in [4.78, 5) is 11.4. The Labute approximate surface area is 159 Å². The summed E-state index contributed by atoms with van der Waals surface area (Å²) in [5, 5.41) is 15.7. The predicted octanol–water partition coefficient (Wildman–Crippen LogP) is 5.51. The van der Waals surface area contributed by atoms with Crippen molar-refractivity contribution in [3.8, 4) is 0 Å². The fraction of sp³-hybridized carbons (Fsp3) is 0.348. The van der Waals surface area contributed by atoms with Gasteiger partial charge in [-0.2, -0.15) is 0 Å². The van der Waals surface area contributed by atoms with E-state index in [1.807, 2.05) is 6.07 Å². The normalized spacial score (nSPS) is 21.2. The van der Waals surface area contributed by atoms with Crippen LogP contribution in [0.4, 0.5) is 0 Å². The number of hydrogen-bond acceptors (Lipinski definition) is 3. The minimum atomic E-state index is -0.978. The van der Waals surface area contributed by atoms with E-state index < -0.39 is 5.97 Å². The predicted molar refractivity (Wildman–Crippen MR) is 106 cm³/mol. The molecule has 27 heavy (non-hydrogen) atoms. The first kappa shape index (κ1) is 17.8. The number of carboxylic acid groups (broad SMARTS) is 1. The highest BCUT2D eigenvalue weighted by Gasteiger charge is 2.29. The van der Waals surface area contributed by atoms with E-state index in [-0.39, 0.29) is 17.7 Å². The molecule has 1 saturated carbocycles. The summed E-state index contributed by atoms with van der Waals surface area (Å²) in [7, 11) is 0. The van der Waals surface area contributed by atoms with E-state index in [1.54, 1.807) is 0 Å². The van der Waals surface area contributed by atoms with Crippen LogP contribution in [-0.4, -0.2) is 17.1 Å². The minimum absolute atomic E-state index is 0.0998. The fourth-order valence-corrected chi connectivity index (χ4v) is 4.51. The zero-order valence-corrected chi connectivity index (χ0v) is 15.5. The van der Waals surface area contributed by atoms with Crippen LogP contribution < -0.4 is 5.32 Å². The summed E-state index contributed by atoms with van der Waals surface area (Å²) in [6.45, 7) is 2.21. The molecule has 0 aliphatic heterocycles. The van der Waals surface area contributed by atoms with Crippen LogP contribution in [-0.2, 0) is 0 Å². The van der Waals surface area contributed by atoms with Gasteiger partial charge in [-0.1, -0.05) is 48.9 Å². The molecule has 4 heteroatoms. The molecule has 140 valence electrons. The maximum absolute atomic E-state index is 11.4. The SMILES string of the molecule is C[C@@H](NC1CCCC(c2ccoc2C(=O)O)C1)c1cccc2ccccc12. The van der Waals surface area contributed by atoms with Gasteiger partial charge in [-0.25, -0.2) is 4.79 Å². The molecule has 1 fully saturated rings. The Morgan fingerprint density at radius 2 is 1.96 bits per heavy atom. The van der Waals surface area contributed by atoms with E-state index in [0.717, 1.165) is 31.2 Å². The molecule has 0 spiro atoms. The van der Waals surface area contributed by atoms with Crippen molar-refractivity contribution >= 4 is 16.7 Å². The molecule has 2 unspecified atom stereocenters. The van der Waals surface area contributed by atoms with Crippen LogP contribution >= 0.6 is 0 Å². The highest BCUT2D eigenvalue weighted by Crippen LogP contribution is 2.36. The molecule has 4 nitrogen and oxygen atoms in total. The second-order valence-electron chi connectivity index (χ2n) is 7.53. The number of rotatable bonds is 5. The highest BCUT2D eigenvalue weighted by atomic mass is 16.4. The summed E-state index contributed by atoms with van der Waals surface area (Å²) in [6.07, 6.45) is 5.66. The summed E-state index contributed by atoms with van der Waals surface area (Å²) < 4.78 is 5.19. The van der Waals surface area contributed by atoms with Crippen LogP contribution in [0.15, 0.2) is 59.2 Å². The molecule has 0 bridgehead atoms. The second kappa shape index (κ2) is 7.57. The minimum Gasteiger partial charge on any atom is -0.475 e. The van der Waals surface area contributed by atoms with Crippen molar-refractivity contribution in [1.82, 2.24) is 5.32 Å². The Hall–Kier alpha value is -2.59. The van der Waals surface area contributed by atoms with Crippen molar-refractivity contribution in [2.45, 2.75) is 50.6 Å². The lowest BCUT2D eigenvalue weighted by Crippen LogP contribution is -2.35. The third kappa shape index (κ3) is 3.62. The first-order chi connectivity index (χ1) is 13.1. The molecule has 1 aromatic heterocycles. The monoisotopic (exact) mass is 363 g/mol. The van der Waals surface area contributed by atoms with Crippen molar-refractivity contribution < 1.29 is 14.3 Å². The van der Waals surface area contributed by atoms with Crippen molar-refractivity contribution in [2.75, 3.05) is 0 Å². The smallest absolute Gasteiger partial charge is 0.372 e. The van der Waals surface area contributed by atoms with Crippen molar-refractivity contribution in [1.29, 1.82) is 0 Å². The van der Waals surface area contributed by atoms with Crippen molar-refractivity contribution in [2.24, 2.45) is 0 Å². The summed E-state index contributed by atoms with van der Waals surface area (Å²) >= 11 is 0. The van der Waals surface area contributed by atoms with Gasteiger partial charge in [0.05, 0.1) is 6.26 Å². The Morgan fingerprint density at radius 1 is 1.15 bits per heavy atom. The van der Waals surface area contributed by atoms with Crippen molar-refractivity contribution in [3.05, 3.63) is 71.7 Å². The van der Waals surface area contributed by atoms with Gasteiger partial charge in [-0.15, -0.1) is 0 Å². The largest absolute Gasteiger partial charge is 0.475 e. The van der Waals surface area contributed by atoms with Gasteiger partial charge in [0.1, 0.15) is 0 Å². The van der Waals surface area contributed by atoms with Crippen LogP contribution in [0, 0.1) is 0 Å². The molecular formula is C23H25NO3. The fourth-order valence-electron chi connectivity index (χ4n) is 4.51. The van der Waals surface area contributed by atoms with E-state index in [0.29, 0.717) is 6.04 Å². The van der Waals surface area contributed by atoms with Gasteiger partial charge in [0.15, 0.2) is 0 Å². The van der Waals surface area contributed by atoms with Crippen molar-refractivity contribution in [3.63, 3.8) is 0 Å². The summed E-state index contributed by atoms with van der Waals surface area (Å²) in [5.74, 6) is -0.641. The summed E-state index contributed by atoms with van der Waals surface area (Å²) in [5.41, 5.74) is 2.15. The van der Waals surface area contributed by atoms with Gasteiger partial charge in [-0.05, 0) is 54.5 Å². The number of hydrogen-bond donors (Lipinski definition) is 2. The standard InChI is InChI=1S/C23H25NO3/c1-15(19-11-5-7-16-6-2-3-10-20(16)19)24-18-9-4-8-17(14-18)21-12-13-27-22(21)23(25)26/h2-3,5-7,10-13,15,17-18,24H,4,8-9,14H2,1H3,(H,25,26)/t15-,17?,18?/m1/s1. The Bertz CT molecular complexity index is 940. The van der Waals surface area contributed by atoms with Gasteiger partial charge < -0.3 is 14.8 Å². The quantitative estimate of drug-likeness (QED) is 0.627. The average Bonchev–Trinajstić information content (AvgIpc) is 3.18. The molecule has 2 N–H and O–H groups in total. The molecule has 1 aliphatic carbocycles. The lowest BCUT2D eigenvalue weighted by atomic mass is 9.81. The molecule has 3 aromatic rings. The first-order valence-corrected chi connectivity index (χ1v) is 9.68. The van der Waals surface area contributed by atoms with Crippen LogP contribution in [0.3, 0.4) is 0 Å². The van der Waals surface area contributed by atoms with Crippen LogP contribution in [0.2, 0.25) is 0 Å². The van der Waals surface area contributed by atoms with Gasteiger partial charge >= 0.3 is 5.97 Å². The lowest BCUT2D eigenvalue weighted by Gasteiger charge is -2.32. The lowest BCUT2D eigenvalue weighted by molar-refractivity contribution is 0.0659. The molecule has 0 radical (unpaired) electrons. The molecular weight excluding hydrogens is 338 g/mol. The Morgan fingerprint density at radius 3 is 2.81 bits per heavy atom. The Kier molecular flexibility index (Phi) is 4.99. The van der Waals surface area contributed by atoms with E-state index in [2.05, 4.69) is 54.7 Å². The molecule has 1 aliphatic rings. The number of carbonyl (C=O) groups is 1. The molecule has 4 rings (SSSR count). The summed E-state index contributed by atoms with van der Waals surface area (Å²) in [6, 6.07) is 17.4. The molecule has 1 heterocycles. The zero-order chi connectivity index (χ0) is 18.8. The first-order valence-electron chi connectivity index (χ1n) is 9.68. The van der Waals surface area contributed by atoms with Gasteiger partial charge in [0.25, 0.3) is 0 Å². The topological polar surface area (TPSA) is 62.5 Å². The maximum Gasteiger partial charge on any atom is 0.372 e. The molecule has 2 aromatic carbocycles. The molecule has 3 atom stereocenters. The van der Waals surface area contributed by atoms with Gasteiger partial charge in [0, 0.05) is 17.6 Å². The van der Waals surface area contributed by atoms with E-state index in [4.69, 9.17) is 4.42 Å². The second-order valence-corrected chi connectivity index (χ2v) is 7.53. The third-order valence-electron chi connectivity index (χ3n) is 5.78. The van der Waals surface area contributed by atoms with E-state index in [1.165, 1.54) is 22.6 Å². The van der Waals surface area contributed by atoms with Gasteiger partial charge in [0.2, 0.25) is 5.76 Å². The molecule has 0 saturated heterocycles. The van der Waals surface area contributed by atoms with Gasteiger partial charge in [-0.3, -0.25) is 0 Å². The number of fused-ring (bicyclic) bond motifs is 1. The number of carboxylic acids is 1. The highest BCUT2D eigenvalue weighted by molar-refractivity contribution is 5.86. The zero-order valence-electron chi connectivity index (χ0n) is 15.5. The van der Waals surface area contributed by atoms with E-state index >= 15 is 0 Å². The number of benzene rings is 2. The number of nitrogens with one attached hydrogen (secondary N) is 1. The maximum atomic E-state index is 11.4. The Balaban J connectivity index is 1.50. The average molecular weight is 363 g/mol. The van der Waals surface area contributed by atoms with E-state index in [9.17, 15) is 9.90 Å². The number of furan rings is 1. The molecule has 0 amide bonds.